The van der Waals surface area contributed by atoms with Gasteiger partial charge in [0.2, 0.25) is 0 Å². The van der Waals surface area contributed by atoms with Crippen molar-refractivity contribution in [3.63, 3.8) is 0 Å². The molecule has 1 heterocycles. The fourth-order valence-electron chi connectivity index (χ4n) is 1.69. The topological polar surface area (TPSA) is 49.9 Å². The van der Waals surface area contributed by atoms with E-state index in [1.54, 1.807) is 6.07 Å². The van der Waals surface area contributed by atoms with Gasteiger partial charge in [0.05, 0.1) is 0 Å². The van der Waals surface area contributed by atoms with E-state index in [1.165, 1.54) is 6.20 Å². The number of halogens is 1. The van der Waals surface area contributed by atoms with Gasteiger partial charge in [-0.3, -0.25) is 0 Å². The van der Waals surface area contributed by atoms with Crippen molar-refractivity contribution in [1.82, 2.24) is 4.98 Å². The van der Waals surface area contributed by atoms with Crippen LogP contribution in [0.15, 0.2) is 29.3 Å². The summed E-state index contributed by atoms with van der Waals surface area (Å²) < 4.78 is 22.5. The van der Waals surface area contributed by atoms with Gasteiger partial charge in [-0.1, -0.05) is 25.1 Å². The van der Waals surface area contributed by atoms with E-state index in [-0.39, 0.29) is 4.90 Å². The second kappa shape index (κ2) is 3.54. The Balaban J connectivity index is 2.83. The molecule has 0 spiro atoms. The van der Waals surface area contributed by atoms with Crippen molar-refractivity contribution in [2.75, 3.05) is 0 Å². The highest BCUT2D eigenvalue weighted by Gasteiger charge is 2.16. The van der Waals surface area contributed by atoms with Gasteiger partial charge in [0.1, 0.15) is 4.90 Å². The fraction of sp³-hybridized carbons (Fsp3) is 0.200. The number of aromatic nitrogens is 1. The van der Waals surface area contributed by atoms with Gasteiger partial charge in [0.25, 0.3) is 9.05 Å². The third-order valence-electron chi connectivity index (χ3n) is 2.41. The van der Waals surface area contributed by atoms with Crippen LogP contribution in [-0.4, -0.2) is 13.4 Å². The van der Waals surface area contributed by atoms with Crippen molar-refractivity contribution in [3.05, 3.63) is 30.0 Å². The van der Waals surface area contributed by atoms with Crippen LogP contribution in [0.25, 0.3) is 10.9 Å². The normalized spacial score (nSPS) is 12.1. The van der Waals surface area contributed by atoms with Crippen LogP contribution in [0.3, 0.4) is 0 Å². The maximum absolute atomic E-state index is 11.3. The zero-order valence-electron chi connectivity index (χ0n) is 8.12. The summed E-state index contributed by atoms with van der Waals surface area (Å²) in [4.78, 5) is 3.10. The molecule has 0 bridgehead atoms. The predicted octanol–water partition coefficient (Wildman–Crippen LogP) is 2.66. The Morgan fingerprint density at radius 1 is 1.40 bits per heavy atom. The third-order valence-corrected chi connectivity index (χ3v) is 3.77. The molecule has 2 aromatic rings. The summed E-state index contributed by atoms with van der Waals surface area (Å²) in [6, 6.07) is 5.55. The first kappa shape index (κ1) is 10.5. The standard InChI is InChI=1S/C10H10ClNO2S/c1-2-7-4-3-5-8-9(15(11,13)14)6-12-10(7)8/h3-6,12H,2H2,1H3. The zero-order valence-corrected chi connectivity index (χ0v) is 9.69. The van der Waals surface area contributed by atoms with Crippen molar-refractivity contribution in [2.24, 2.45) is 0 Å². The number of H-pyrrole nitrogens is 1. The Labute approximate surface area is 92.5 Å². The molecule has 0 aliphatic rings. The highest BCUT2D eigenvalue weighted by atomic mass is 35.7. The Kier molecular flexibility index (Phi) is 2.48. The highest BCUT2D eigenvalue weighted by Crippen LogP contribution is 2.27. The van der Waals surface area contributed by atoms with E-state index in [0.717, 1.165) is 17.5 Å². The van der Waals surface area contributed by atoms with Crippen LogP contribution < -0.4 is 0 Å². The van der Waals surface area contributed by atoms with Crippen LogP contribution >= 0.6 is 10.7 Å². The van der Waals surface area contributed by atoms with Gasteiger partial charge in [-0.05, 0) is 12.0 Å². The van der Waals surface area contributed by atoms with Gasteiger partial charge in [-0.25, -0.2) is 8.42 Å². The van der Waals surface area contributed by atoms with Crippen LogP contribution in [-0.2, 0) is 15.5 Å². The van der Waals surface area contributed by atoms with Gasteiger partial charge in [0.15, 0.2) is 0 Å². The van der Waals surface area contributed by atoms with E-state index in [2.05, 4.69) is 4.98 Å². The average molecular weight is 244 g/mol. The fourth-order valence-corrected chi connectivity index (χ4v) is 2.70. The monoisotopic (exact) mass is 243 g/mol. The molecule has 0 unspecified atom stereocenters. The lowest BCUT2D eigenvalue weighted by Crippen LogP contribution is -1.88. The molecule has 2 rings (SSSR count). The molecule has 0 atom stereocenters. The molecular weight excluding hydrogens is 234 g/mol. The van der Waals surface area contributed by atoms with Gasteiger partial charge in [-0.2, -0.15) is 0 Å². The minimum atomic E-state index is -3.67. The number of para-hydroxylation sites is 1. The summed E-state index contributed by atoms with van der Waals surface area (Å²) in [7, 11) is 1.66. The molecule has 1 aromatic carbocycles. The zero-order chi connectivity index (χ0) is 11.1. The Morgan fingerprint density at radius 2 is 2.13 bits per heavy atom. The molecule has 1 N–H and O–H groups in total. The van der Waals surface area contributed by atoms with Crippen molar-refractivity contribution in [2.45, 2.75) is 18.2 Å². The summed E-state index contributed by atoms with van der Waals surface area (Å²) in [5.74, 6) is 0. The van der Waals surface area contributed by atoms with Crippen molar-refractivity contribution in [3.8, 4) is 0 Å². The van der Waals surface area contributed by atoms with Crippen LogP contribution in [0.1, 0.15) is 12.5 Å². The lowest BCUT2D eigenvalue weighted by molar-refractivity contribution is 0.610. The summed E-state index contributed by atoms with van der Waals surface area (Å²) in [5, 5.41) is 0.657. The SMILES string of the molecule is CCc1cccc2c(S(=O)(=O)Cl)c[nH]c12. The number of nitrogens with one attached hydrogen (secondary N) is 1. The minimum absolute atomic E-state index is 0.148. The Bertz CT molecular complexity index is 601. The molecule has 0 aliphatic carbocycles. The van der Waals surface area contributed by atoms with Crippen molar-refractivity contribution in [1.29, 1.82) is 0 Å². The molecular formula is C10H10ClNO2S. The number of hydrogen-bond donors (Lipinski definition) is 1. The molecule has 0 saturated heterocycles. The smallest absolute Gasteiger partial charge is 0.263 e. The van der Waals surface area contributed by atoms with Gasteiger partial charge < -0.3 is 4.98 Å². The average Bonchev–Trinajstić information content (AvgIpc) is 2.59. The second-order valence-corrected chi connectivity index (χ2v) is 5.82. The first-order valence-electron chi connectivity index (χ1n) is 4.57. The minimum Gasteiger partial charge on any atom is -0.360 e. The molecule has 0 saturated carbocycles. The number of benzene rings is 1. The molecule has 0 amide bonds. The predicted molar refractivity (Wildman–Crippen MR) is 60.7 cm³/mol. The van der Waals surface area contributed by atoms with Crippen LogP contribution in [0.5, 0.6) is 0 Å². The van der Waals surface area contributed by atoms with E-state index in [1.807, 2.05) is 19.1 Å². The number of fused-ring (bicyclic) bond motifs is 1. The summed E-state index contributed by atoms with van der Waals surface area (Å²) in [6.45, 7) is 2.02. The molecule has 0 aliphatic heterocycles. The quantitative estimate of drug-likeness (QED) is 0.825. The molecule has 15 heavy (non-hydrogen) atoms. The third kappa shape index (κ3) is 1.75. The molecule has 0 fully saturated rings. The molecule has 0 radical (unpaired) electrons. The largest absolute Gasteiger partial charge is 0.360 e. The van der Waals surface area contributed by atoms with Gasteiger partial charge in [0, 0.05) is 27.8 Å². The molecule has 80 valence electrons. The number of rotatable bonds is 2. The van der Waals surface area contributed by atoms with E-state index >= 15 is 0 Å². The highest BCUT2D eigenvalue weighted by molar-refractivity contribution is 8.14. The van der Waals surface area contributed by atoms with Crippen LogP contribution in [0, 0.1) is 0 Å². The van der Waals surface area contributed by atoms with Gasteiger partial charge >= 0.3 is 0 Å². The van der Waals surface area contributed by atoms with E-state index in [9.17, 15) is 8.42 Å². The first-order valence-corrected chi connectivity index (χ1v) is 6.88. The maximum Gasteiger partial charge on any atom is 0.263 e. The number of aromatic amines is 1. The maximum atomic E-state index is 11.3. The second-order valence-electron chi connectivity index (χ2n) is 3.28. The van der Waals surface area contributed by atoms with E-state index < -0.39 is 9.05 Å². The van der Waals surface area contributed by atoms with E-state index in [0.29, 0.717) is 5.39 Å². The van der Waals surface area contributed by atoms with Crippen LogP contribution in [0.4, 0.5) is 0 Å². The van der Waals surface area contributed by atoms with E-state index in [4.69, 9.17) is 10.7 Å². The number of hydrogen-bond acceptors (Lipinski definition) is 2. The van der Waals surface area contributed by atoms with Crippen molar-refractivity contribution < 1.29 is 8.42 Å². The summed E-state index contributed by atoms with van der Waals surface area (Å²) in [6.07, 6.45) is 2.28. The lowest BCUT2D eigenvalue weighted by Gasteiger charge is -1.99. The Morgan fingerprint density at radius 3 is 2.73 bits per heavy atom. The molecule has 5 heteroatoms. The molecule has 1 aromatic heterocycles. The molecule has 3 nitrogen and oxygen atoms in total. The summed E-state index contributed by atoms with van der Waals surface area (Å²) >= 11 is 0. The van der Waals surface area contributed by atoms with Crippen LogP contribution in [0.2, 0.25) is 0 Å². The Hall–Kier alpha value is -1.00. The first-order chi connectivity index (χ1) is 7.04. The number of aryl methyl sites for hydroxylation is 1. The summed E-state index contributed by atoms with van der Waals surface area (Å²) in [5.41, 5.74) is 1.93. The van der Waals surface area contributed by atoms with Gasteiger partial charge in [-0.15, -0.1) is 0 Å². The van der Waals surface area contributed by atoms with Crippen molar-refractivity contribution >= 4 is 30.6 Å². The lowest BCUT2D eigenvalue weighted by atomic mass is 10.1.